The second-order valence-electron chi connectivity index (χ2n) is 4.21. The van der Waals surface area contributed by atoms with Crippen LogP contribution in [0.2, 0.25) is 0 Å². The van der Waals surface area contributed by atoms with Gasteiger partial charge in [0.2, 0.25) is 5.91 Å². The van der Waals surface area contributed by atoms with E-state index in [4.69, 9.17) is 0 Å². The summed E-state index contributed by atoms with van der Waals surface area (Å²) in [4.78, 5) is 13.7. The quantitative estimate of drug-likeness (QED) is 0.810. The van der Waals surface area contributed by atoms with Crippen LogP contribution in [0.4, 0.5) is 0 Å². The maximum absolute atomic E-state index is 11.9. The number of hydrogen-bond donors (Lipinski definition) is 0. The van der Waals surface area contributed by atoms with Crippen molar-refractivity contribution in [2.75, 3.05) is 24.6 Å². The van der Waals surface area contributed by atoms with Gasteiger partial charge in [0.1, 0.15) is 0 Å². The molecule has 1 saturated heterocycles. The maximum atomic E-state index is 11.9. The van der Waals surface area contributed by atoms with E-state index in [0.717, 1.165) is 6.42 Å². The molecule has 0 spiro atoms. The van der Waals surface area contributed by atoms with Gasteiger partial charge in [-0.1, -0.05) is 30.3 Å². The van der Waals surface area contributed by atoms with Crippen LogP contribution in [0.15, 0.2) is 30.3 Å². The predicted octanol–water partition coefficient (Wildman–Crippen LogP) is 1.21. The van der Waals surface area contributed by atoms with Crippen molar-refractivity contribution in [3.05, 3.63) is 35.9 Å². The van der Waals surface area contributed by atoms with E-state index in [9.17, 15) is 9.00 Å². The third kappa shape index (κ3) is 3.66. The van der Waals surface area contributed by atoms with E-state index in [1.165, 1.54) is 5.56 Å². The zero-order valence-electron chi connectivity index (χ0n) is 9.80. The number of hydrogen-bond acceptors (Lipinski definition) is 2. The minimum absolute atomic E-state index is 0.186. The lowest BCUT2D eigenvalue weighted by Gasteiger charge is -2.26. The van der Waals surface area contributed by atoms with Gasteiger partial charge < -0.3 is 4.90 Å². The third-order valence-electron chi connectivity index (χ3n) is 3.00. The molecular formula is C13H17NO2S. The van der Waals surface area contributed by atoms with Crippen LogP contribution in [0.25, 0.3) is 0 Å². The van der Waals surface area contributed by atoms with Gasteiger partial charge in [0.15, 0.2) is 0 Å². The fourth-order valence-electron chi connectivity index (χ4n) is 1.94. The number of carbonyl (C=O) groups is 1. The number of rotatable bonds is 3. The van der Waals surface area contributed by atoms with Crippen LogP contribution >= 0.6 is 0 Å². The Labute approximate surface area is 104 Å². The van der Waals surface area contributed by atoms with Gasteiger partial charge in [0, 0.05) is 41.8 Å². The normalized spacial score (nSPS) is 17.1. The number of nitrogens with zero attached hydrogens (tertiary/aromatic N) is 1. The summed E-state index contributed by atoms with van der Waals surface area (Å²) >= 11 is 0. The molecule has 0 atom stereocenters. The summed E-state index contributed by atoms with van der Waals surface area (Å²) < 4.78 is 11.2. The summed E-state index contributed by atoms with van der Waals surface area (Å²) in [6, 6.07) is 10.0. The average Bonchev–Trinajstić information content (AvgIpc) is 2.38. The largest absolute Gasteiger partial charge is 0.341 e. The standard InChI is InChI=1S/C13H17NO2S/c15-13(14-8-10-17(16)11-9-14)7-6-12-4-2-1-3-5-12/h1-5H,6-11H2. The van der Waals surface area contributed by atoms with Crippen LogP contribution in [0, 0.1) is 0 Å². The first-order valence-corrected chi connectivity index (χ1v) is 7.41. The molecule has 1 aliphatic rings. The van der Waals surface area contributed by atoms with Crippen molar-refractivity contribution >= 4 is 16.7 Å². The molecule has 0 radical (unpaired) electrons. The first kappa shape index (κ1) is 12.3. The van der Waals surface area contributed by atoms with Crippen LogP contribution < -0.4 is 0 Å². The van der Waals surface area contributed by atoms with E-state index in [1.807, 2.05) is 35.2 Å². The predicted molar refractivity (Wildman–Crippen MR) is 69.2 cm³/mol. The Hall–Kier alpha value is -1.16. The lowest BCUT2D eigenvalue weighted by atomic mass is 10.1. The summed E-state index contributed by atoms with van der Waals surface area (Å²) in [5, 5.41) is 0. The molecule has 1 fully saturated rings. The van der Waals surface area contributed by atoms with Gasteiger partial charge in [0.05, 0.1) is 0 Å². The molecule has 0 aliphatic carbocycles. The second-order valence-corrected chi connectivity index (χ2v) is 5.91. The van der Waals surface area contributed by atoms with Crippen molar-refractivity contribution in [2.24, 2.45) is 0 Å². The first-order valence-electron chi connectivity index (χ1n) is 5.92. The molecule has 1 aromatic carbocycles. The van der Waals surface area contributed by atoms with E-state index in [-0.39, 0.29) is 5.91 Å². The molecule has 1 heterocycles. The Balaban J connectivity index is 1.80. The highest BCUT2D eigenvalue weighted by Gasteiger charge is 2.19. The van der Waals surface area contributed by atoms with Gasteiger partial charge in [-0.3, -0.25) is 9.00 Å². The summed E-state index contributed by atoms with van der Waals surface area (Å²) in [6.07, 6.45) is 1.34. The highest BCUT2D eigenvalue weighted by molar-refractivity contribution is 7.85. The van der Waals surface area contributed by atoms with Gasteiger partial charge in [-0.25, -0.2) is 0 Å². The molecule has 17 heavy (non-hydrogen) atoms. The SMILES string of the molecule is O=C(CCc1ccccc1)N1CCS(=O)CC1. The minimum atomic E-state index is -0.711. The van der Waals surface area contributed by atoms with Crippen LogP contribution in [-0.2, 0) is 22.0 Å². The fourth-order valence-corrected chi connectivity index (χ4v) is 2.99. The minimum Gasteiger partial charge on any atom is -0.341 e. The lowest BCUT2D eigenvalue weighted by Crippen LogP contribution is -2.41. The summed E-state index contributed by atoms with van der Waals surface area (Å²) in [6.45, 7) is 1.31. The molecule has 1 amide bonds. The monoisotopic (exact) mass is 251 g/mol. The highest BCUT2D eigenvalue weighted by atomic mass is 32.2. The molecule has 0 unspecified atom stereocenters. The molecule has 92 valence electrons. The number of amides is 1. The Morgan fingerprint density at radius 1 is 1.18 bits per heavy atom. The van der Waals surface area contributed by atoms with Crippen LogP contribution in [0.5, 0.6) is 0 Å². The van der Waals surface area contributed by atoms with Gasteiger partial charge in [-0.2, -0.15) is 0 Å². The zero-order chi connectivity index (χ0) is 12.1. The first-order chi connectivity index (χ1) is 8.25. The van der Waals surface area contributed by atoms with E-state index < -0.39 is 10.8 Å². The van der Waals surface area contributed by atoms with Crippen molar-refractivity contribution in [1.82, 2.24) is 4.90 Å². The molecule has 3 nitrogen and oxygen atoms in total. The number of aryl methyl sites for hydroxylation is 1. The van der Waals surface area contributed by atoms with E-state index in [2.05, 4.69) is 0 Å². The maximum Gasteiger partial charge on any atom is 0.222 e. The van der Waals surface area contributed by atoms with Crippen molar-refractivity contribution in [3.8, 4) is 0 Å². The smallest absolute Gasteiger partial charge is 0.222 e. The van der Waals surface area contributed by atoms with Crippen molar-refractivity contribution in [2.45, 2.75) is 12.8 Å². The molecule has 1 aromatic rings. The topological polar surface area (TPSA) is 37.4 Å². The number of carbonyl (C=O) groups excluding carboxylic acids is 1. The fraction of sp³-hybridized carbons (Fsp3) is 0.462. The van der Waals surface area contributed by atoms with Crippen molar-refractivity contribution in [1.29, 1.82) is 0 Å². The average molecular weight is 251 g/mol. The lowest BCUT2D eigenvalue weighted by molar-refractivity contribution is -0.130. The third-order valence-corrected chi connectivity index (χ3v) is 4.28. The van der Waals surface area contributed by atoms with Crippen molar-refractivity contribution < 1.29 is 9.00 Å². The summed E-state index contributed by atoms with van der Waals surface area (Å²) in [5.74, 6) is 1.46. The summed E-state index contributed by atoms with van der Waals surface area (Å²) in [5.41, 5.74) is 1.20. The van der Waals surface area contributed by atoms with Gasteiger partial charge in [-0.05, 0) is 12.0 Å². The molecule has 0 saturated carbocycles. The molecule has 0 N–H and O–H groups in total. The Morgan fingerprint density at radius 3 is 2.47 bits per heavy atom. The molecule has 0 aromatic heterocycles. The Morgan fingerprint density at radius 2 is 1.82 bits per heavy atom. The van der Waals surface area contributed by atoms with Crippen molar-refractivity contribution in [3.63, 3.8) is 0 Å². The van der Waals surface area contributed by atoms with Gasteiger partial charge >= 0.3 is 0 Å². The molecule has 1 aliphatic heterocycles. The molecule has 4 heteroatoms. The molecule has 0 bridgehead atoms. The second kappa shape index (κ2) is 5.96. The van der Waals surface area contributed by atoms with E-state index in [0.29, 0.717) is 31.0 Å². The zero-order valence-corrected chi connectivity index (χ0v) is 10.6. The van der Waals surface area contributed by atoms with Crippen LogP contribution in [0.1, 0.15) is 12.0 Å². The van der Waals surface area contributed by atoms with E-state index in [1.54, 1.807) is 0 Å². The molecule has 2 rings (SSSR count). The van der Waals surface area contributed by atoms with Crippen LogP contribution in [0.3, 0.4) is 0 Å². The number of benzene rings is 1. The van der Waals surface area contributed by atoms with Gasteiger partial charge in [-0.15, -0.1) is 0 Å². The summed E-state index contributed by atoms with van der Waals surface area (Å²) in [7, 11) is -0.711. The molecular weight excluding hydrogens is 234 g/mol. The van der Waals surface area contributed by atoms with E-state index >= 15 is 0 Å². The Kier molecular flexibility index (Phi) is 4.31. The van der Waals surface area contributed by atoms with Gasteiger partial charge in [0.25, 0.3) is 0 Å². The van der Waals surface area contributed by atoms with Crippen LogP contribution in [-0.4, -0.2) is 39.6 Å². The Bertz CT molecular complexity index is 395. The highest BCUT2D eigenvalue weighted by Crippen LogP contribution is 2.07.